The number of rotatable bonds is 1. The molecule has 82 valence electrons. The summed E-state index contributed by atoms with van der Waals surface area (Å²) in [6.45, 7) is 1.75. The number of nitrogens with zero attached hydrogens (tertiary/aromatic N) is 3. The van der Waals surface area contributed by atoms with E-state index in [1.54, 1.807) is 12.3 Å². The van der Waals surface area contributed by atoms with E-state index in [1.165, 1.54) is 11.1 Å². The molecule has 2 heterocycles. The van der Waals surface area contributed by atoms with Crippen LogP contribution in [0.5, 0.6) is 0 Å². The van der Waals surface area contributed by atoms with Crippen LogP contribution in [0.2, 0.25) is 0 Å². The van der Waals surface area contributed by atoms with Crippen molar-refractivity contribution in [3.05, 3.63) is 59.3 Å². The quantitative estimate of drug-likeness (QED) is 0.742. The molecule has 3 rings (SSSR count). The second kappa shape index (κ2) is 3.91. The Hall–Kier alpha value is -2.34. The molecule has 3 nitrogen and oxygen atoms in total. The number of fused-ring (bicyclic) bond motifs is 1. The van der Waals surface area contributed by atoms with Crippen molar-refractivity contribution in [2.24, 2.45) is 0 Å². The van der Waals surface area contributed by atoms with Crippen LogP contribution in [0.25, 0.3) is 0 Å². The van der Waals surface area contributed by atoms with Crippen LogP contribution in [0.15, 0.2) is 42.6 Å². The van der Waals surface area contributed by atoms with Gasteiger partial charge in [-0.1, -0.05) is 24.3 Å². The zero-order valence-electron chi connectivity index (χ0n) is 9.30. The Morgan fingerprint density at radius 1 is 1.12 bits per heavy atom. The maximum Gasteiger partial charge on any atom is 0.130 e. The SMILES string of the molecule is N#Cc1ccnc(N2Cc3ccccc3C2)c1. The highest BCUT2D eigenvalue weighted by Gasteiger charge is 2.19. The van der Waals surface area contributed by atoms with Gasteiger partial charge in [0.25, 0.3) is 0 Å². The molecule has 1 aromatic heterocycles. The molecule has 1 aliphatic rings. The third-order valence-electron chi connectivity index (χ3n) is 3.04. The van der Waals surface area contributed by atoms with Gasteiger partial charge in [0.1, 0.15) is 5.82 Å². The van der Waals surface area contributed by atoms with E-state index in [9.17, 15) is 0 Å². The summed E-state index contributed by atoms with van der Waals surface area (Å²) in [5.41, 5.74) is 3.35. The second-order valence-electron chi connectivity index (χ2n) is 4.14. The topological polar surface area (TPSA) is 39.9 Å². The molecule has 0 radical (unpaired) electrons. The van der Waals surface area contributed by atoms with Gasteiger partial charge in [-0.25, -0.2) is 4.98 Å². The number of benzene rings is 1. The molecule has 0 fully saturated rings. The van der Waals surface area contributed by atoms with Gasteiger partial charge >= 0.3 is 0 Å². The fraction of sp³-hybridized carbons (Fsp3) is 0.143. The zero-order chi connectivity index (χ0) is 11.7. The first-order valence-electron chi connectivity index (χ1n) is 5.55. The summed E-state index contributed by atoms with van der Waals surface area (Å²) in [6.07, 6.45) is 1.69. The number of hydrogen-bond acceptors (Lipinski definition) is 3. The first-order chi connectivity index (χ1) is 8.36. The van der Waals surface area contributed by atoms with E-state index in [1.807, 2.05) is 6.07 Å². The van der Waals surface area contributed by atoms with Crippen molar-refractivity contribution < 1.29 is 0 Å². The number of aromatic nitrogens is 1. The minimum atomic E-state index is 0.658. The largest absolute Gasteiger partial charge is 0.348 e. The van der Waals surface area contributed by atoms with Crippen molar-refractivity contribution in [3.8, 4) is 6.07 Å². The van der Waals surface area contributed by atoms with Crippen molar-refractivity contribution >= 4 is 5.82 Å². The minimum Gasteiger partial charge on any atom is -0.348 e. The molecule has 1 aliphatic heterocycles. The lowest BCUT2D eigenvalue weighted by atomic mass is 10.1. The fourth-order valence-electron chi connectivity index (χ4n) is 2.16. The van der Waals surface area contributed by atoms with Crippen molar-refractivity contribution in [2.75, 3.05) is 4.90 Å². The predicted molar refractivity (Wildman–Crippen MR) is 65.3 cm³/mol. The predicted octanol–water partition coefficient (Wildman–Crippen LogP) is 2.47. The van der Waals surface area contributed by atoms with Crippen LogP contribution < -0.4 is 4.90 Å². The Bertz CT molecular complexity index is 573. The maximum absolute atomic E-state index is 8.88. The highest BCUT2D eigenvalue weighted by Crippen LogP contribution is 2.26. The number of pyridine rings is 1. The zero-order valence-corrected chi connectivity index (χ0v) is 9.30. The van der Waals surface area contributed by atoms with E-state index >= 15 is 0 Å². The first kappa shape index (κ1) is 9.86. The molecular formula is C14H11N3. The van der Waals surface area contributed by atoms with E-state index in [2.05, 4.69) is 40.2 Å². The lowest BCUT2D eigenvalue weighted by Gasteiger charge is -2.16. The standard InChI is InChI=1S/C14H11N3/c15-8-11-5-6-16-14(7-11)17-9-12-3-1-2-4-13(12)10-17/h1-7H,9-10H2. The molecule has 0 bridgehead atoms. The van der Waals surface area contributed by atoms with Gasteiger partial charge in [-0.05, 0) is 23.3 Å². The summed E-state index contributed by atoms with van der Waals surface area (Å²) >= 11 is 0. The summed E-state index contributed by atoms with van der Waals surface area (Å²) in [5, 5.41) is 8.88. The number of nitriles is 1. The number of anilines is 1. The fourth-order valence-corrected chi connectivity index (χ4v) is 2.16. The van der Waals surface area contributed by atoms with Crippen LogP contribution in [0.4, 0.5) is 5.82 Å². The minimum absolute atomic E-state index is 0.658. The molecule has 0 atom stereocenters. The Morgan fingerprint density at radius 2 is 1.82 bits per heavy atom. The summed E-state index contributed by atoms with van der Waals surface area (Å²) in [4.78, 5) is 6.51. The van der Waals surface area contributed by atoms with Crippen molar-refractivity contribution in [2.45, 2.75) is 13.1 Å². The van der Waals surface area contributed by atoms with Crippen LogP contribution >= 0.6 is 0 Å². The summed E-state index contributed by atoms with van der Waals surface area (Å²) in [6, 6.07) is 14.1. The average Bonchev–Trinajstić information content (AvgIpc) is 2.82. The Morgan fingerprint density at radius 3 is 2.47 bits per heavy atom. The lowest BCUT2D eigenvalue weighted by Crippen LogP contribution is -2.15. The van der Waals surface area contributed by atoms with Crippen LogP contribution in [-0.2, 0) is 13.1 Å². The van der Waals surface area contributed by atoms with E-state index < -0.39 is 0 Å². The van der Waals surface area contributed by atoms with Crippen molar-refractivity contribution in [3.63, 3.8) is 0 Å². The van der Waals surface area contributed by atoms with Crippen molar-refractivity contribution in [1.29, 1.82) is 5.26 Å². The summed E-state index contributed by atoms with van der Waals surface area (Å²) in [7, 11) is 0. The smallest absolute Gasteiger partial charge is 0.130 e. The van der Waals surface area contributed by atoms with E-state index in [0.717, 1.165) is 18.9 Å². The Labute approximate surface area is 99.9 Å². The maximum atomic E-state index is 8.88. The molecular weight excluding hydrogens is 210 g/mol. The molecule has 0 unspecified atom stereocenters. The monoisotopic (exact) mass is 221 g/mol. The van der Waals surface area contributed by atoms with Gasteiger partial charge in [0.2, 0.25) is 0 Å². The molecule has 0 N–H and O–H groups in total. The molecule has 0 saturated carbocycles. The normalized spacial score (nSPS) is 13.2. The first-order valence-corrected chi connectivity index (χ1v) is 5.55. The van der Waals surface area contributed by atoms with Crippen molar-refractivity contribution in [1.82, 2.24) is 4.98 Å². The van der Waals surface area contributed by atoms with E-state index in [4.69, 9.17) is 5.26 Å². The molecule has 0 aliphatic carbocycles. The summed E-state index contributed by atoms with van der Waals surface area (Å²) < 4.78 is 0. The highest BCUT2D eigenvalue weighted by molar-refractivity contribution is 5.50. The third-order valence-corrected chi connectivity index (χ3v) is 3.04. The van der Waals surface area contributed by atoms with Crippen LogP contribution in [-0.4, -0.2) is 4.98 Å². The molecule has 17 heavy (non-hydrogen) atoms. The lowest BCUT2D eigenvalue weighted by molar-refractivity contribution is 0.856. The van der Waals surface area contributed by atoms with E-state index in [-0.39, 0.29) is 0 Å². The molecule has 0 amide bonds. The third kappa shape index (κ3) is 1.74. The molecule has 2 aromatic rings. The second-order valence-corrected chi connectivity index (χ2v) is 4.14. The number of hydrogen-bond donors (Lipinski definition) is 0. The van der Waals surface area contributed by atoms with Gasteiger partial charge in [-0.3, -0.25) is 0 Å². The molecule has 0 saturated heterocycles. The van der Waals surface area contributed by atoms with Gasteiger partial charge in [0, 0.05) is 19.3 Å². The van der Waals surface area contributed by atoms with E-state index in [0.29, 0.717) is 5.56 Å². The highest BCUT2D eigenvalue weighted by atomic mass is 15.2. The molecule has 1 aromatic carbocycles. The summed E-state index contributed by atoms with van der Waals surface area (Å²) in [5.74, 6) is 0.875. The molecule has 3 heteroatoms. The van der Waals surface area contributed by atoms with Gasteiger partial charge < -0.3 is 4.90 Å². The average molecular weight is 221 g/mol. The van der Waals surface area contributed by atoms with Gasteiger partial charge in [0.05, 0.1) is 11.6 Å². The van der Waals surface area contributed by atoms with Gasteiger partial charge in [-0.15, -0.1) is 0 Å². The van der Waals surface area contributed by atoms with Crippen LogP contribution in [0, 0.1) is 11.3 Å². The van der Waals surface area contributed by atoms with Crippen LogP contribution in [0.1, 0.15) is 16.7 Å². The molecule has 0 spiro atoms. The Kier molecular flexibility index (Phi) is 2.27. The van der Waals surface area contributed by atoms with Crippen LogP contribution in [0.3, 0.4) is 0 Å². The van der Waals surface area contributed by atoms with Gasteiger partial charge in [-0.2, -0.15) is 5.26 Å². The van der Waals surface area contributed by atoms with Gasteiger partial charge in [0.15, 0.2) is 0 Å². The Balaban J connectivity index is 1.92.